The van der Waals surface area contributed by atoms with Crippen molar-refractivity contribution in [2.75, 3.05) is 6.54 Å². The predicted molar refractivity (Wildman–Crippen MR) is 55.6 cm³/mol. The van der Waals surface area contributed by atoms with E-state index >= 15 is 0 Å². The van der Waals surface area contributed by atoms with Crippen LogP contribution in [-0.2, 0) is 14.3 Å². The summed E-state index contributed by atoms with van der Waals surface area (Å²) in [6.45, 7) is 2.73. The number of hydrogen-bond donors (Lipinski definition) is 2. The summed E-state index contributed by atoms with van der Waals surface area (Å²) in [6, 6.07) is 0. The van der Waals surface area contributed by atoms with Crippen molar-refractivity contribution in [1.29, 1.82) is 0 Å². The lowest BCUT2D eigenvalue weighted by molar-refractivity contribution is -0.268. The highest BCUT2D eigenvalue weighted by Gasteiger charge is 2.43. The van der Waals surface area contributed by atoms with Crippen LogP contribution < -0.4 is 0 Å². The van der Waals surface area contributed by atoms with Crippen LogP contribution >= 0.6 is 0 Å². The maximum absolute atomic E-state index is 10.8. The Kier molecular flexibility index (Phi) is 4.71. The van der Waals surface area contributed by atoms with E-state index in [-0.39, 0.29) is 6.54 Å². The third-order valence-electron chi connectivity index (χ3n) is 2.66. The van der Waals surface area contributed by atoms with Crippen LogP contribution in [0, 0.1) is 5.92 Å². The highest BCUT2D eigenvalue weighted by Crippen LogP contribution is 2.27. The van der Waals surface area contributed by atoms with Gasteiger partial charge in [-0.1, -0.05) is 12.0 Å². The first-order valence-corrected chi connectivity index (χ1v) is 5.17. The fourth-order valence-corrected chi connectivity index (χ4v) is 1.75. The Bertz CT molecular complexity index is 331. The Morgan fingerprint density at radius 2 is 2.24 bits per heavy atom. The molecule has 0 aromatic rings. The van der Waals surface area contributed by atoms with Crippen LogP contribution in [0.15, 0.2) is 5.11 Å². The Morgan fingerprint density at radius 1 is 1.59 bits per heavy atom. The number of azide groups is 1. The lowest BCUT2D eigenvalue weighted by atomic mass is 9.90. The summed E-state index contributed by atoms with van der Waals surface area (Å²) in [5, 5.41) is 22.8. The summed E-state index contributed by atoms with van der Waals surface area (Å²) in [5.41, 5.74) is 8.18. The molecule has 1 aliphatic rings. The average molecular weight is 245 g/mol. The van der Waals surface area contributed by atoms with Crippen LogP contribution in [0.5, 0.6) is 0 Å². The summed E-state index contributed by atoms with van der Waals surface area (Å²) in [5.74, 6) is -1.08. The molecule has 2 N–H and O–H groups in total. The first-order chi connectivity index (χ1) is 7.97. The largest absolute Gasteiger partial charge is 0.457 e. The average Bonchev–Trinajstić information content (AvgIpc) is 2.27. The van der Waals surface area contributed by atoms with Crippen LogP contribution in [0.3, 0.4) is 0 Å². The van der Waals surface area contributed by atoms with Gasteiger partial charge in [0.15, 0.2) is 12.4 Å². The first kappa shape index (κ1) is 13.7. The van der Waals surface area contributed by atoms with Crippen molar-refractivity contribution in [3.05, 3.63) is 10.4 Å². The van der Waals surface area contributed by atoms with Crippen LogP contribution in [0.2, 0.25) is 0 Å². The standard InChI is InChI=1S/C9H15N3O5/c1-4-7(14)6(3-11-12-10)17-9(15)8(4)16-5(2)13/h4,6-9,14-15H,3H2,1-2H3/t4-,6+,7-,8+,9-/m0/s1. The van der Waals surface area contributed by atoms with Gasteiger partial charge in [-0.15, -0.1) is 0 Å². The number of rotatable bonds is 3. The van der Waals surface area contributed by atoms with E-state index in [4.69, 9.17) is 15.0 Å². The number of aliphatic hydroxyl groups is 2. The molecule has 1 fully saturated rings. The van der Waals surface area contributed by atoms with E-state index in [2.05, 4.69) is 10.0 Å². The summed E-state index contributed by atoms with van der Waals surface area (Å²) in [7, 11) is 0. The second-order valence-corrected chi connectivity index (χ2v) is 3.90. The molecule has 8 nitrogen and oxygen atoms in total. The molecule has 0 aliphatic carbocycles. The van der Waals surface area contributed by atoms with E-state index in [0.717, 1.165) is 0 Å². The molecule has 96 valence electrons. The van der Waals surface area contributed by atoms with Crippen molar-refractivity contribution >= 4 is 5.97 Å². The van der Waals surface area contributed by atoms with Gasteiger partial charge < -0.3 is 19.7 Å². The van der Waals surface area contributed by atoms with Crippen molar-refractivity contribution in [3.8, 4) is 0 Å². The van der Waals surface area contributed by atoms with Gasteiger partial charge in [0.25, 0.3) is 0 Å². The lowest BCUT2D eigenvalue weighted by Gasteiger charge is -2.40. The zero-order valence-corrected chi connectivity index (χ0v) is 9.55. The molecule has 0 aromatic heterocycles. The minimum Gasteiger partial charge on any atom is -0.457 e. The molecular formula is C9H15N3O5. The van der Waals surface area contributed by atoms with Crippen molar-refractivity contribution in [2.45, 2.75) is 38.4 Å². The molecule has 0 amide bonds. The van der Waals surface area contributed by atoms with Gasteiger partial charge in [0.1, 0.15) is 0 Å². The fraction of sp³-hybridized carbons (Fsp3) is 0.889. The Balaban J connectivity index is 2.71. The zero-order chi connectivity index (χ0) is 13.0. The van der Waals surface area contributed by atoms with Gasteiger partial charge in [-0.05, 0) is 5.53 Å². The number of aliphatic hydroxyl groups excluding tert-OH is 2. The van der Waals surface area contributed by atoms with E-state index in [1.165, 1.54) is 6.92 Å². The molecular weight excluding hydrogens is 230 g/mol. The molecule has 1 rings (SSSR count). The van der Waals surface area contributed by atoms with Crippen molar-refractivity contribution < 1.29 is 24.5 Å². The number of esters is 1. The summed E-state index contributed by atoms with van der Waals surface area (Å²) in [4.78, 5) is 13.4. The number of nitrogens with zero attached hydrogens (tertiary/aromatic N) is 3. The van der Waals surface area contributed by atoms with Gasteiger partial charge in [0.05, 0.1) is 18.8 Å². The van der Waals surface area contributed by atoms with Gasteiger partial charge in [-0.3, -0.25) is 4.79 Å². The van der Waals surface area contributed by atoms with E-state index in [9.17, 15) is 15.0 Å². The normalized spacial score (nSPS) is 37.1. The molecule has 5 atom stereocenters. The summed E-state index contributed by atoms with van der Waals surface area (Å²) >= 11 is 0. The van der Waals surface area contributed by atoms with E-state index in [0.29, 0.717) is 0 Å². The van der Waals surface area contributed by atoms with Gasteiger partial charge in [-0.25, -0.2) is 0 Å². The molecule has 1 heterocycles. The molecule has 0 radical (unpaired) electrons. The molecule has 0 bridgehead atoms. The topological polar surface area (TPSA) is 125 Å². The van der Waals surface area contributed by atoms with Gasteiger partial charge in [0, 0.05) is 17.8 Å². The quantitative estimate of drug-likeness (QED) is 0.312. The molecule has 0 unspecified atom stereocenters. The third kappa shape index (κ3) is 3.31. The van der Waals surface area contributed by atoms with Gasteiger partial charge in [-0.2, -0.15) is 0 Å². The SMILES string of the molecule is CC(=O)O[C@@H]1[C@@H](C)[C@H](O)[C@@H](CN=[N+]=[N-])O[C@@H]1O. The maximum Gasteiger partial charge on any atom is 0.303 e. The monoisotopic (exact) mass is 245 g/mol. The number of carbonyl (C=O) groups is 1. The minimum absolute atomic E-state index is 0.0914. The van der Waals surface area contributed by atoms with Crippen LogP contribution in [-0.4, -0.2) is 47.3 Å². The Morgan fingerprint density at radius 3 is 2.76 bits per heavy atom. The molecule has 0 spiro atoms. The first-order valence-electron chi connectivity index (χ1n) is 5.17. The summed E-state index contributed by atoms with van der Waals surface area (Å²) in [6.07, 6.45) is -4.04. The number of carbonyl (C=O) groups excluding carboxylic acids is 1. The maximum atomic E-state index is 10.8. The second-order valence-electron chi connectivity index (χ2n) is 3.90. The van der Waals surface area contributed by atoms with Crippen LogP contribution in [0.4, 0.5) is 0 Å². The molecule has 8 heteroatoms. The van der Waals surface area contributed by atoms with Crippen LogP contribution in [0.1, 0.15) is 13.8 Å². The smallest absolute Gasteiger partial charge is 0.303 e. The molecule has 1 saturated heterocycles. The predicted octanol–water partition coefficient (Wildman–Crippen LogP) is -0.0574. The van der Waals surface area contributed by atoms with Gasteiger partial charge in [0.2, 0.25) is 0 Å². The number of ether oxygens (including phenoxy) is 2. The highest BCUT2D eigenvalue weighted by molar-refractivity contribution is 5.66. The highest BCUT2D eigenvalue weighted by atomic mass is 16.7. The van der Waals surface area contributed by atoms with E-state index in [1.807, 2.05) is 0 Å². The fourth-order valence-electron chi connectivity index (χ4n) is 1.75. The number of hydrogen-bond acceptors (Lipinski definition) is 6. The van der Waals surface area contributed by atoms with Crippen molar-refractivity contribution in [2.24, 2.45) is 11.0 Å². The zero-order valence-electron chi connectivity index (χ0n) is 9.55. The molecule has 0 aromatic carbocycles. The van der Waals surface area contributed by atoms with Crippen molar-refractivity contribution in [1.82, 2.24) is 0 Å². The second kappa shape index (κ2) is 5.83. The molecule has 1 aliphatic heterocycles. The van der Waals surface area contributed by atoms with Crippen molar-refractivity contribution in [3.63, 3.8) is 0 Å². The van der Waals surface area contributed by atoms with E-state index in [1.54, 1.807) is 6.92 Å². The van der Waals surface area contributed by atoms with Crippen LogP contribution in [0.25, 0.3) is 10.4 Å². The molecule has 17 heavy (non-hydrogen) atoms. The lowest BCUT2D eigenvalue weighted by Crippen LogP contribution is -2.55. The summed E-state index contributed by atoms with van der Waals surface area (Å²) < 4.78 is 9.91. The Hall–Kier alpha value is -1.34. The Labute approximate surface area is 97.8 Å². The molecule has 0 saturated carbocycles. The van der Waals surface area contributed by atoms with E-state index < -0.39 is 36.5 Å². The van der Waals surface area contributed by atoms with Gasteiger partial charge >= 0.3 is 5.97 Å². The third-order valence-corrected chi connectivity index (χ3v) is 2.66. The minimum atomic E-state index is -1.34.